The van der Waals surface area contributed by atoms with Crippen LogP contribution in [0.4, 0.5) is 0 Å². The minimum absolute atomic E-state index is 0. The molecule has 0 aromatic heterocycles. The molecule has 2 aliphatic heterocycles. The van der Waals surface area contributed by atoms with Crippen molar-refractivity contribution in [2.75, 3.05) is 0 Å². The Morgan fingerprint density at radius 3 is 1.57 bits per heavy atom. The lowest BCUT2D eigenvalue weighted by Gasteiger charge is -2.26. The molecule has 6 aromatic carbocycles. The van der Waals surface area contributed by atoms with Crippen molar-refractivity contribution in [3.05, 3.63) is 182 Å². The summed E-state index contributed by atoms with van der Waals surface area (Å²) in [5.74, 6) is 3.52. The van der Waals surface area contributed by atoms with Crippen LogP contribution in [-0.2, 0) is 0 Å². The van der Waals surface area contributed by atoms with Crippen LogP contribution >= 0.6 is 60.1 Å². The Kier molecular flexibility index (Phi) is 15.4. The summed E-state index contributed by atoms with van der Waals surface area (Å²) in [6.45, 7) is 25.4. The summed E-state index contributed by atoms with van der Waals surface area (Å²) in [4.78, 5) is 0. The van der Waals surface area contributed by atoms with Gasteiger partial charge >= 0.3 is 0 Å². The Labute approximate surface area is 379 Å². The maximum absolute atomic E-state index is 6.45. The minimum Gasteiger partial charge on any atom is -1.00 e. The Hall–Kier alpha value is -2.91. The van der Waals surface area contributed by atoms with Crippen LogP contribution in [-0.4, -0.2) is 0 Å². The molecule has 0 saturated heterocycles. The van der Waals surface area contributed by atoms with Crippen LogP contribution in [0.2, 0.25) is 0 Å². The number of benzene rings is 6. The fourth-order valence-corrected chi connectivity index (χ4v) is 8.31. The highest BCUT2D eigenvalue weighted by molar-refractivity contribution is 9.93. The highest BCUT2D eigenvalue weighted by atomic mass is 80.9. The number of hydrogen-bond donors (Lipinski definition) is 0. The molecule has 0 saturated carbocycles. The first kappa shape index (κ1) is 45.8. The zero-order chi connectivity index (χ0) is 39.2. The Morgan fingerprint density at radius 1 is 0.464 bits per heavy atom. The van der Waals surface area contributed by atoms with E-state index >= 15 is 0 Å². The molecule has 0 amide bonds. The van der Waals surface area contributed by atoms with Crippen LogP contribution < -0.4 is 59.7 Å². The average Bonchev–Trinajstić information content (AvgIpc) is 3.15. The number of rotatable bonds is 2. The lowest BCUT2D eigenvalue weighted by molar-refractivity contribution is -0.00100. The quantitative estimate of drug-likeness (QED) is 0.195. The predicted molar refractivity (Wildman–Crippen MR) is 243 cm³/mol. The molecule has 0 fully saturated rings. The van der Waals surface area contributed by atoms with Crippen LogP contribution in [0.1, 0.15) is 66.8 Å². The van der Waals surface area contributed by atoms with E-state index in [1.807, 2.05) is 0 Å². The van der Waals surface area contributed by atoms with Crippen LogP contribution in [0.15, 0.2) is 93.9 Å². The van der Waals surface area contributed by atoms with Crippen molar-refractivity contribution < 1.29 is 38.9 Å². The van der Waals surface area contributed by atoms with Crippen LogP contribution in [0.25, 0.3) is 24.3 Å². The number of fused-ring (bicyclic) bond motifs is 4. The second kappa shape index (κ2) is 18.8. The van der Waals surface area contributed by atoms with Gasteiger partial charge in [0.2, 0.25) is 0 Å². The van der Waals surface area contributed by atoms with Crippen molar-refractivity contribution in [2.24, 2.45) is 0 Å². The first-order valence-corrected chi connectivity index (χ1v) is 23.0. The molecule has 2 heterocycles. The van der Waals surface area contributed by atoms with Crippen LogP contribution in [0.5, 0.6) is 23.0 Å². The fourth-order valence-electron chi connectivity index (χ4n) is 7.10. The number of ether oxygens (including phenoxy) is 2. The lowest BCUT2D eigenvalue weighted by atomic mass is 9.88. The molecule has 0 radical (unpaired) electrons. The second-order valence-electron chi connectivity index (χ2n) is 14.2. The van der Waals surface area contributed by atoms with E-state index in [2.05, 4.69) is 214 Å². The van der Waals surface area contributed by atoms with E-state index < -0.39 is 0 Å². The lowest BCUT2D eigenvalue weighted by Crippen LogP contribution is -3.00. The third-order valence-corrected chi connectivity index (χ3v) is 12.4. The smallest absolute Gasteiger partial charge is 0.150 e. The van der Waals surface area contributed by atoms with Crippen molar-refractivity contribution in [1.29, 1.82) is 0 Å². The molecule has 2 nitrogen and oxygen atoms in total. The molecular formula is C48H42Br5ClO2-2. The van der Waals surface area contributed by atoms with Crippen LogP contribution in [0.3, 0.4) is 0 Å². The Bertz CT molecular complexity index is 2740. The SMILES string of the molecule is BrBr.C=c1c(C)cc2c(c1Br)Oc1c(cc(C)c(C)c1Br)C=2c1ccccc1C.C=c1cc2c(cc1C)=C(c1ccccc1C)c1cc(C)c(C)cc1O2.[Br-].[Cl-]. The van der Waals surface area contributed by atoms with Crippen molar-refractivity contribution in [3.8, 4) is 23.0 Å². The van der Waals surface area contributed by atoms with Crippen molar-refractivity contribution in [1.82, 2.24) is 0 Å². The van der Waals surface area contributed by atoms with Crippen molar-refractivity contribution in [3.63, 3.8) is 0 Å². The molecule has 0 bridgehead atoms. The Balaban J connectivity index is 0.000000231. The van der Waals surface area contributed by atoms with Crippen LogP contribution in [0, 0.1) is 55.4 Å². The largest absolute Gasteiger partial charge is 1.00 e. The van der Waals surface area contributed by atoms with Gasteiger partial charge in [0.1, 0.15) is 23.0 Å². The first-order valence-electron chi connectivity index (χ1n) is 17.7. The molecule has 290 valence electrons. The van der Waals surface area contributed by atoms with Gasteiger partial charge in [-0.15, -0.1) is 0 Å². The number of hydrogen-bond acceptors (Lipinski definition) is 2. The van der Waals surface area contributed by atoms with Crippen molar-refractivity contribution in [2.45, 2.75) is 55.4 Å². The summed E-state index contributed by atoms with van der Waals surface area (Å²) in [6, 6.07) is 30.2. The van der Waals surface area contributed by atoms with E-state index in [1.165, 1.54) is 66.8 Å². The summed E-state index contributed by atoms with van der Waals surface area (Å²) in [7, 11) is 0. The first-order chi connectivity index (χ1) is 25.8. The number of halogens is 6. The summed E-state index contributed by atoms with van der Waals surface area (Å²) >= 11 is 13.0. The van der Waals surface area contributed by atoms with Crippen molar-refractivity contribution >= 4 is 84.4 Å². The summed E-state index contributed by atoms with van der Waals surface area (Å²) in [6.07, 6.45) is 0. The zero-order valence-corrected chi connectivity index (χ0v) is 41.3. The molecule has 0 N–H and O–H groups in total. The van der Waals surface area contributed by atoms with Gasteiger partial charge in [-0.25, -0.2) is 0 Å². The van der Waals surface area contributed by atoms with Gasteiger partial charge in [-0.05, 0) is 190 Å². The van der Waals surface area contributed by atoms with E-state index in [4.69, 9.17) is 9.47 Å². The normalized spacial score (nSPS) is 11.6. The second-order valence-corrected chi connectivity index (χ2v) is 15.7. The highest BCUT2D eigenvalue weighted by Crippen LogP contribution is 2.45. The minimum atomic E-state index is 0. The fraction of sp³-hybridized carbons (Fsp3) is 0.167. The summed E-state index contributed by atoms with van der Waals surface area (Å²) in [5.41, 5.74) is 17.0. The maximum atomic E-state index is 6.45. The highest BCUT2D eigenvalue weighted by Gasteiger charge is 2.27. The van der Waals surface area contributed by atoms with Gasteiger partial charge < -0.3 is 38.9 Å². The average molecular weight is 1090 g/mol. The molecule has 8 rings (SSSR count). The topological polar surface area (TPSA) is 18.5 Å². The van der Waals surface area contributed by atoms with E-state index in [0.29, 0.717) is 0 Å². The molecule has 2 aliphatic rings. The van der Waals surface area contributed by atoms with Gasteiger partial charge in [0.15, 0.2) is 0 Å². The zero-order valence-electron chi connectivity index (χ0n) is 32.6. The van der Waals surface area contributed by atoms with Gasteiger partial charge in [0.05, 0.1) is 8.95 Å². The summed E-state index contributed by atoms with van der Waals surface area (Å²) in [5, 5.41) is 4.22. The van der Waals surface area contributed by atoms with E-state index in [0.717, 1.165) is 63.9 Å². The third-order valence-electron chi connectivity index (χ3n) is 10.6. The van der Waals surface area contributed by atoms with Gasteiger partial charge in [-0.1, -0.05) is 61.7 Å². The molecule has 0 spiro atoms. The molecule has 0 atom stereocenters. The maximum Gasteiger partial charge on any atom is 0.150 e. The van der Waals surface area contributed by atoms with E-state index in [-0.39, 0.29) is 29.4 Å². The third kappa shape index (κ3) is 8.46. The predicted octanol–water partition coefficient (Wildman–Crippen LogP) is 6.59. The summed E-state index contributed by atoms with van der Waals surface area (Å²) < 4.78 is 14.7. The van der Waals surface area contributed by atoms with Gasteiger partial charge in [-0.2, -0.15) is 0 Å². The Morgan fingerprint density at radius 2 is 0.982 bits per heavy atom. The molecule has 8 heteroatoms. The molecule has 0 unspecified atom stereocenters. The van der Waals surface area contributed by atoms with E-state index in [9.17, 15) is 0 Å². The molecule has 0 aliphatic carbocycles. The number of aryl methyl sites for hydroxylation is 7. The van der Waals surface area contributed by atoms with Gasteiger partial charge in [0.25, 0.3) is 0 Å². The standard InChI is InChI=1S/C24H20Br2O.C24H22O.Br2.BrH.ClH/c1-12-8-6-7-9-17(12)20-18-10-13(2)15(4)21(25)23(18)27-24-19(20)11-14(3)16(5)22(24)26;1-14-8-6-7-9-19(14)24-20-10-15(2)17(4)12-22(20)25-23-13-18(5)16(3)11-21(23)24;1-2;;/h6-11H,4H2,1-3,5H3;6-13H,4H2,1-3,5H3;;2*1H/p-2. The van der Waals surface area contributed by atoms with Gasteiger partial charge in [0, 0.05) is 61.0 Å². The monoisotopic (exact) mass is 1080 g/mol. The molecular weight excluding hydrogens is 1040 g/mol. The molecule has 6 aromatic rings. The van der Waals surface area contributed by atoms with Gasteiger partial charge in [-0.3, -0.25) is 0 Å². The van der Waals surface area contributed by atoms with E-state index in [1.54, 1.807) is 0 Å². The molecule has 56 heavy (non-hydrogen) atoms.